The Balaban J connectivity index is 1.68. The zero-order valence-corrected chi connectivity index (χ0v) is 12.8. The smallest absolute Gasteiger partial charge is 0.102 e. The van der Waals surface area contributed by atoms with Gasteiger partial charge >= 0.3 is 0 Å². The van der Waals surface area contributed by atoms with Crippen LogP contribution in [0.2, 0.25) is 0 Å². The van der Waals surface area contributed by atoms with Crippen LogP contribution in [0.4, 0.5) is 0 Å². The molecule has 0 atom stereocenters. The molecule has 2 rings (SSSR count). The number of hydrogen-bond donors (Lipinski definition) is 0. The van der Waals surface area contributed by atoms with E-state index < -0.39 is 0 Å². The van der Waals surface area contributed by atoms with Crippen LogP contribution in [0.25, 0.3) is 10.4 Å². The van der Waals surface area contributed by atoms with E-state index >= 15 is 0 Å². The summed E-state index contributed by atoms with van der Waals surface area (Å²) < 4.78 is 6.42. The van der Waals surface area contributed by atoms with Gasteiger partial charge in [0.15, 0.2) is 0 Å². The molecule has 0 radical (unpaired) electrons. The van der Waals surface area contributed by atoms with Gasteiger partial charge < -0.3 is 9.22 Å². The molecule has 0 spiro atoms. The number of quaternary nitrogens is 1. The molecule has 0 aromatic heterocycles. The molecule has 1 saturated heterocycles. The molecule has 2 aliphatic rings. The number of nitrogens with zero attached hydrogens (tertiary/aromatic N) is 6. The van der Waals surface area contributed by atoms with Gasteiger partial charge in [-0.15, -0.1) is 0 Å². The lowest BCUT2D eigenvalue weighted by Gasteiger charge is -2.36. The molecule has 1 saturated carbocycles. The highest BCUT2D eigenvalue weighted by molar-refractivity contribution is 5.41. The van der Waals surface area contributed by atoms with Gasteiger partial charge in [-0.2, -0.15) is 0 Å². The van der Waals surface area contributed by atoms with Crippen LogP contribution in [0, 0.1) is 0 Å². The lowest BCUT2D eigenvalue weighted by Crippen LogP contribution is -2.53. The van der Waals surface area contributed by atoms with E-state index in [1.165, 1.54) is 0 Å². The third-order valence-corrected chi connectivity index (χ3v) is 4.49. The molecule has 116 valence electrons. The predicted octanol–water partition coefficient (Wildman–Crippen LogP) is 2.26. The molecule has 2 fully saturated rings. The van der Waals surface area contributed by atoms with Crippen molar-refractivity contribution in [3.05, 3.63) is 10.4 Å². The van der Waals surface area contributed by atoms with Crippen molar-refractivity contribution in [1.29, 1.82) is 0 Å². The minimum absolute atomic E-state index is 0.157. The fraction of sp³-hybridized carbons (Fsp3) is 0.929. The maximum Gasteiger partial charge on any atom is 0.102 e. The lowest BCUT2D eigenvalue weighted by molar-refractivity contribution is -0.915. The van der Waals surface area contributed by atoms with Crippen molar-refractivity contribution in [3.63, 3.8) is 0 Å². The Morgan fingerprint density at radius 1 is 1.19 bits per heavy atom. The number of hydrogen-bond acceptors (Lipinski definition) is 4. The van der Waals surface area contributed by atoms with Crippen LogP contribution in [0.5, 0.6) is 0 Å². The molecule has 7 heteroatoms. The Labute approximate surface area is 125 Å². The summed E-state index contributed by atoms with van der Waals surface area (Å²) in [4.78, 5) is 11.6. The van der Waals surface area contributed by atoms with Crippen LogP contribution < -0.4 is 0 Å². The van der Waals surface area contributed by atoms with Crippen LogP contribution >= 0.6 is 0 Å². The summed E-state index contributed by atoms with van der Waals surface area (Å²) in [6.07, 6.45) is 3.79. The van der Waals surface area contributed by atoms with Gasteiger partial charge in [0.25, 0.3) is 0 Å². The van der Waals surface area contributed by atoms with E-state index in [1.807, 2.05) is 0 Å². The van der Waals surface area contributed by atoms with Crippen LogP contribution in [-0.4, -0.2) is 69.0 Å². The van der Waals surface area contributed by atoms with Crippen molar-refractivity contribution in [2.24, 2.45) is 15.1 Å². The van der Waals surface area contributed by atoms with E-state index in [0.29, 0.717) is 6.04 Å². The van der Waals surface area contributed by atoms with Gasteiger partial charge in [-0.25, -0.2) is 9.98 Å². The zero-order chi connectivity index (χ0) is 15.0. The highest BCUT2D eigenvalue weighted by atomic mass is 16.5. The molecule has 7 nitrogen and oxygen atoms in total. The van der Waals surface area contributed by atoms with Crippen LogP contribution in [0.3, 0.4) is 0 Å². The average molecular weight is 293 g/mol. The molecule has 21 heavy (non-hydrogen) atoms. The Hall–Kier alpha value is -1.39. The molecular weight excluding hydrogens is 268 g/mol. The molecular formula is C14H25N6O+. The Morgan fingerprint density at radius 2 is 1.86 bits per heavy atom. The molecule has 1 aliphatic heterocycles. The second kappa shape index (κ2) is 8.15. The molecule has 0 aromatic carbocycles. The summed E-state index contributed by atoms with van der Waals surface area (Å²) >= 11 is 0. The van der Waals surface area contributed by atoms with Crippen LogP contribution in [0.15, 0.2) is 15.1 Å². The molecule has 0 unspecified atom stereocenters. The number of azide groups is 1. The van der Waals surface area contributed by atoms with E-state index in [-0.39, 0.29) is 6.04 Å². The molecule has 1 heterocycles. The highest BCUT2D eigenvalue weighted by Gasteiger charge is 2.24. The average Bonchev–Trinajstić information content (AvgIpc) is 2.49. The maximum atomic E-state index is 8.41. The fourth-order valence-corrected chi connectivity index (χ4v) is 2.85. The van der Waals surface area contributed by atoms with Crippen LogP contribution in [0.1, 0.15) is 25.7 Å². The number of ether oxygens (including phenoxy) is 1. The van der Waals surface area contributed by atoms with E-state index in [9.17, 15) is 0 Å². The topological polar surface area (TPSA) is 82.7 Å². The summed E-state index contributed by atoms with van der Waals surface area (Å²) in [6, 6.07) is 3.32. The zero-order valence-electron chi connectivity index (χ0n) is 12.8. The van der Waals surface area contributed by atoms with Gasteiger partial charge in [0.05, 0.1) is 45.4 Å². The van der Waals surface area contributed by atoms with Crippen molar-refractivity contribution < 1.29 is 9.22 Å². The van der Waals surface area contributed by atoms with E-state index in [2.05, 4.69) is 33.1 Å². The SMILES string of the molecule is C[N+]1(CCN=C=NC2CCC(N=[N+]=[N-])CC2)CCOCC1. The van der Waals surface area contributed by atoms with Crippen molar-refractivity contribution in [2.75, 3.05) is 46.4 Å². The van der Waals surface area contributed by atoms with Gasteiger partial charge in [0.1, 0.15) is 13.1 Å². The first-order valence-corrected chi connectivity index (χ1v) is 7.79. The summed E-state index contributed by atoms with van der Waals surface area (Å²) in [5, 5.41) is 3.77. The predicted molar refractivity (Wildman–Crippen MR) is 81.5 cm³/mol. The standard InChI is InChI=1S/C14H25N6O/c1-20(8-10-21-11-9-20)7-6-16-12-17-13-2-4-14(5-3-13)18-19-15/h13-14H,2-11H2,1H3/q+1. The van der Waals surface area contributed by atoms with E-state index in [1.54, 1.807) is 0 Å². The van der Waals surface area contributed by atoms with Gasteiger partial charge in [-0.05, 0) is 31.2 Å². The minimum Gasteiger partial charge on any atom is -0.370 e. The number of rotatable bonds is 5. The second-order valence-corrected chi connectivity index (χ2v) is 6.18. The second-order valence-electron chi connectivity index (χ2n) is 6.18. The third kappa shape index (κ3) is 5.48. The number of likely N-dealkylation sites (N-methyl/N-ethyl adjacent to an activating group) is 1. The van der Waals surface area contributed by atoms with E-state index in [4.69, 9.17) is 10.3 Å². The summed E-state index contributed by atoms with van der Waals surface area (Å²) in [6.45, 7) is 5.63. The minimum atomic E-state index is 0.157. The molecule has 0 N–H and O–H groups in total. The monoisotopic (exact) mass is 293 g/mol. The van der Waals surface area contributed by atoms with Crippen LogP contribution in [-0.2, 0) is 4.74 Å². The van der Waals surface area contributed by atoms with E-state index in [0.717, 1.165) is 69.6 Å². The van der Waals surface area contributed by atoms with Crippen molar-refractivity contribution >= 4 is 6.01 Å². The summed E-state index contributed by atoms with van der Waals surface area (Å²) in [5.41, 5.74) is 8.41. The highest BCUT2D eigenvalue weighted by Crippen LogP contribution is 2.23. The molecule has 1 aliphatic carbocycles. The Bertz CT molecular complexity index is 425. The quantitative estimate of drug-likeness (QED) is 0.251. The molecule has 0 aromatic rings. The van der Waals surface area contributed by atoms with Gasteiger partial charge in [-0.3, -0.25) is 0 Å². The fourth-order valence-electron chi connectivity index (χ4n) is 2.85. The third-order valence-electron chi connectivity index (χ3n) is 4.49. The van der Waals surface area contributed by atoms with Gasteiger partial charge in [0, 0.05) is 11.0 Å². The summed E-state index contributed by atoms with van der Waals surface area (Å²) in [7, 11) is 2.26. The summed E-state index contributed by atoms with van der Waals surface area (Å²) in [5.74, 6) is 0. The number of morpholine rings is 1. The van der Waals surface area contributed by atoms with Crippen molar-refractivity contribution in [1.82, 2.24) is 0 Å². The lowest BCUT2D eigenvalue weighted by atomic mass is 9.92. The first kappa shape index (κ1) is 16.0. The van der Waals surface area contributed by atoms with Crippen molar-refractivity contribution in [3.8, 4) is 0 Å². The first-order valence-electron chi connectivity index (χ1n) is 7.79. The van der Waals surface area contributed by atoms with Crippen molar-refractivity contribution in [2.45, 2.75) is 37.8 Å². The normalized spacial score (nSPS) is 28.0. The Kier molecular flexibility index (Phi) is 6.21. The molecule has 0 amide bonds. The maximum absolute atomic E-state index is 8.41. The largest absolute Gasteiger partial charge is 0.370 e. The van der Waals surface area contributed by atoms with Gasteiger partial charge in [-0.1, -0.05) is 5.11 Å². The van der Waals surface area contributed by atoms with Gasteiger partial charge in [0.2, 0.25) is 0 Å². The Morgan fingerprint density at radius 3 is 2.52 bits per heavy atom. The first-order chi connectivity index (χ1) is 10.2. The number of aliphatic imine (C=N–C) groups is 2. The molecule has 0 bridgehead atoms.